The minimum absolute atomic E-state index is 0.0331. The molecule has 2 aromatic rings. The maximum Gasteiger partial charge on any atom is 0.185 e. The van der Waals surface area contributed by atoms with Gasteiger partial charge in [-0.2, -0.15) is 0 Å². The van der Waals surface area contributed by atoms with Gasteiger partial charge in [-0.05, 0) is 31.6 Å². The molecule has 23 heavy (non-hydrogen) atoms. The molecule has 3 heteroatoms. The number of benzene rings is 2. The van der Waals surface area contributed by atoms with Crippen LogP contribution in [0, 0.1) is 6.92 Å². The lowest BCUT2D eigenvalue weighted by Gasteiger charge is -2.12. The third-order valence-electron chi connectivity index (χ3n) is 3.43. The first-order chi connectivity index (χ1) is 11.2. The summed E-state index contributed by atoms with van der Waals surface area (Å²) in [6, 6.07) is 13.2. The molecule has 2 rings (SSSR count). The van der Waals surface area contributed by atoms with E-state index in [2.05, 4.69) is 0 Å². The molecule has 2 aromatic carbocycles. The van der Waals surface area contributed by atoms with Crippen LogP contribution >= 0.6 is 0 Å². The van der Waals surface area contributed by atoms with E-state index < -0.39 is 0 Å². The van der Waals surface area contributed by atoms with Crippen molar-refractivity contribution >= 4 is 11.9 Å². The van der Waals surface area contributed by atoms with Gasteiger partial charge in [0.05, 0.1) is 13.7 Å². The highest BCUT2D eigenvalue weighted by molar-refractivity contribution is 6.07. The first-order valence-electron chi connectivity index (χ1n) is 7.74. The SMILES string of the molecule is CCCOc1c(/C=C/C(=O)c2ccc(C)cc2)cccc1OC. The zero-order valence-corrected chi connectivity index (χ0v) is 13.8. The van der Waals surface area contributed by atoms with Crippen LogP contribution in [0.3, 0.4) is 0 Å². The Bertz CT molecular complexity index is 685. The standard InChI is InChI=1S/C20H22O3/c1-4-14-23-20-17(6-5-7-19(20)22-3)12-13-18(21)16-10-8-15(2)9-11-16/h5-13H,4,14H2,1-3H3/b13-12+. The van der Waals surface area contributed by atoms with Crippen LogP contribution in [-0.4, -0.2) is 19.5 Å². The van der Waals surface area contributed by atoms with E-state index in [1.807, 2.05) is 56.3 Å². The van der Waals surface area contributed by atoms with Crippen LogP contribution in [-0.2, 0) is 0 Å². The smallest absolute Gasteiger partial charge is 0.185 e. The van der Waals surface area contributed by atoms with Crippen molar-refractivity contribution in [1.29, 1.82) is 0 Å². The number of aryl methyl sites for hydroxylation is 1. The Labute approximate surface area is 137 Å². The van der Waals surface area contributed by atoms with Crippen LogP contribution < -0.4 is 9.47 Å². The van der Waals surface area contributed by atoms with Gasteiger partial charge in [0, 0.05) is 11.1 Å². The highest BCUT2D eigenvalue weighted by Crippen LogP contribution is 2.32. The molecule has 3 nitrogen and oxygen atoms in total. The van der Waals surface area contributed by atoms with E-state index >= 15 is 0 Å². The van der Waals surface area contributed by atoms with Gasteiger partial charge in [0.1, 0.15) is 0 Å². The number of methoxy groups -OCH3 is 1. The molecule has 0 amide bonds. The molecule has 0 atom stereocenters. The highest BCUT2D eigenvalue weighted by Gasteiger charge is 2.09. The molecule has 0 radical (unpaired) electrons. The van der Waals surface area contributed by atoms with E-state index in [9.17, 15) is 4.79 Å². The third-order valence-corrected chi connectivity index (χ3v) is 3.43. The summed E-state index contributed by atoms with van der Waals surface area (Å²) >= 11 is 0. The number of ketones is 1. The molecular formula is C20H22O3. The van der Waals surface area contributed by atoms with E-state index in [1.54, 1.807) is 19.3 Å². The Morgan fingerprint density at radius 1 is 1.13 bits per heavy atom. The average Bonchev–Trinajstić information content (AvgIpc) is 2.58. The van der Waals surface area contributed by atoms with Crippen molar-refractivity contribution in [3.8, 4) is 11.5 Å². The number of carbonyl (C=O) groups excluding carboxylic acids is 1. The van der Waals surface area contributed by atoms with Gasteiger partial charge in [0.25, 0.3) is 0 Å². The Morgan fingerprint density at radius 2 is 1.87 bits per heavy atom. The average molecular weight is 310 g/mol. The topological polar surface area (TPSA) is 35.5 Å². The van der Waals surface area contributed by atoms with Crippen LogP contribution in [0.5, 0.6) is 11.5 Å². The number of hydrogen-bond acceptors (Lipinski definition) is 3. The van der Waals surface area contributed by atoms with Gasteiger partial charge in [-0.1, -0.05) is 48.9 Å². The first kappa shape index (κ1) is 16.8. The molecule has 0 saturated carbocycles. The molecule has 0 heterocycles. The summed E-state index contributed by atoms with van der Waals surface area (Å²) in [5.41, 5.74) is 2.64. The van der Waals surface area contributed by atoms with Gasteiger partial charge in [0.15, 0.2) is 17.3 Å². The summed E-state index contributed by atoms with van der Waals surface area (Å²) in [6.45, 7) is 4.65. The second kappa shape index (κ2) is 8.18. The number of ether oxygens (including phenoxy) is 2. The number of allylic oxidation sites excluding steroid dienone is 1. The van der Waals surface area contributed by atoms with E-state index in [0.29, 0.717) is 23.7 Å². The number of para-hydroxylation sites is 1. The summed E-state index contributed by atoms with van der Waals surface area (Å²) in [7, 11) is 1.61. The van der Waals surface area contributed by atoms with Gasteiger partial charge in [-0.3, -0.25) is 4.79 Å². The molecule has 0 aromatic heterocycles. The van der Waals surface area contributed by atoms with Crippen molar-refractivity contribution in [2.24, 2.45) is 0 Å². The highest BCUT2D eigenvalue weighted by atomic mass is 16.5. The van der Waals surface area contributed by atoms with E-state index in [-0.39, 0.29) is 5.78 Å². The van der Waals surface area contributed by atoms with Gasteiger partial charge in [0.2, 0.25) is 0 Å². The molecular weight excluding hydrogens is 288 g/mol. The van der Waals surface area contributed by atoms with Crippen molar-refractivity contribution in [3.63, 3.8) is 0 Å². The van der Waals surface area contributed by atoms with Crippen molar-refractivity contribution < 1.29 is 14.3 Å². The fourth-order valence-corrected chi connectivity index (χ4v) is 2.16. The van der Waals surface area contributed by atoms with Crippen molar-refractivity contribution in [3.05, 3.63) is 65.2 Å². The third kappa shape index (κ3) is 4.46. The Morgan fingerprint density at radius 3 is 2.52 bits per heavy atom. The fraction of sp³-hybridized carbons (Fsp3) is 0.250. The van der Waals surface area contributed by atoms with E-state index in [1.165, 1.54) is 0 Å². The molecule has 0 aliphatic heterocycles. The first-order valence-corrected chi connectivity index (χ1v) is 7.74. The Balaban J connectivity index is 2.24. The predicted octanol–water partition coefficient (Wildman–Crippen LogP) is 4.69. The molecule has 0 fully saturated rings. The van der Waals surface area contributed by atoms with Crippen molar-refractivity contribution in [2.45, 2.75) is 20.3 Å². The minimum atomic E-state index is -0.0331. The molecule has 120 valence electrons. The lowest BCUT2D eigenvalue weighted by molar-refractivity contribution is 0.104. The summed E-state index contributed by atoms with van der Waals surface area (Å²) in [5.74, 6) is 1.31. The van der Waals surface area contributed by atoms with Gasteiger partial charge in [-0.25, -0.2) is 0 Å². The maximum absolute atomic E-state index is 12.3. The van der Waals surface area contributed by atoms with Crippen LogP contribution in [0.1, 0.15) is 34.8 Å². The summed E-state index contributed by atoms with van der Waals surface area (Å²) < 4.78 is 11.1. The minimum Gasteiger partial charge on any atom is -0.493 e. The van der Waals surface area contributed by atoms with Crippen molar-refractivity contribution in [2.75, 3.05) is 13.7 Å². The fourth-order valence-electron chi connectivity index (χ4n) is 2.16. The predicted molar refractivity (Wildman–Crippen MR) is 93.3 cm³/mol. The van der Waals surface area contributed by atoms with Gasteiger partial charge >= 0.3 is 0 Å². The van der Waals surface area contributed by atoms with Gasteiger partial charge in [-0.15, -0.1) is 0 Å². The molecule has 0 unspecified atom stereocenters. The van der Waals surface area contributed by atoms with Crippen LogP contribution in [0.4, 0.5) is 0 Å². The van der Waals surface area contributed by atoms with Crippen LogP contribution in [0.15, 0.2) is 48.5 Å². The lowest BCUT2D eigenvalue weighted by Crippen LogP contribution is -2.00. The van der Waals surface area contributed by atoms with Gasteiger partial charge < -0.3 is 9.47 Å². The van der Waals surface area contributed by atoms with E-state index in [4.69, 9.17) is 9.47 Å². The molecule has 0 spiro atoms. The zero-order valence-electron chi connectivity index (χ0n) is 13.8. The number of carbonyl (C=O) groups is 1. The van der Waals surface area contributed by atoms with Crippen LogP contribution in [0.25, 0.3) is 6.08 Å². The Kier molecular flexibility index (Phi) is 5.98. The Hall–Kier alpha value is -2.55. The molecule has 0 N–H and O–H groups in total. The molecule has 0 aliphatic carbocycles. The lowest BCUT2D eigenvalue weighted by atomic mass is 10.1. The van der Waals surface area contributed by atoms with Crippen LogP contribution in [0.2, 0.25) is 0 Å². The summed E-state index contributed by atoms with van der Waals surface area (Å²) in [4.78, 5) is 12.3. The number of rotatable bonds is 7. The summed E-state index contributed by atoms with van der Waals surface area (Å²) in [6.07, 6.45) is 4.25. The number of hydrogen-bond donors (Lipinski definition) is 0. The quantitative estimate of drug-likeness (QED) is 0.550. The zero-order chi connectivity index (χ0) is 16.7. The molecule has 0 saturated heterocycles. The second-order valence-electron chi connectivity index (χ2n) is 5.29. The monoisotopic (exact) mass is 310 g/mol. The van der Waals surface area contributed by atoms with E-state index in [0.717, 1.165) is 17.5 Å². The second-order valence-corrected chi connectivity index (χ2v) is 5.29. The molecule has 0 bridgehead atoms. The molecule has 0 aliphatic rings. The largest absolute Gasteiger partial charge is 0.493 e. The normalized spacial score (nSPS) is 10.7. The van der Waals surface area contributed by atoms with Crippen molar-refractivity contribution in [1.82, 2.24) is 0 Å². The summed E-state index contributed by atoms with van der Waals surface area (Å²) in [5, 5.41) is 0. The maximum atomic E-state index is 12.3.